The van der Waals surface area contributed by atoms with Gasteiger partial charge in [0.2, 0.25) is 11.8 Å². The number of nitrogen functional groups attached to an aromatic ring is 1. The molecule has 17 heavy (non-hydrogen) atoms. The van der Waals surface area contributed by atoms with E-state index in [1.807, 2.05) is 0 Å². The summed E-state index contributed by atoms with van der Waals surface area (Å²) in [5.74, 6) is 1.11. The van der Waals surface area contributed by atoms with Crippen LogP contribution in [0.1, 0.15) is 0 Å². The zero-order valence-corrected chi connectivity index (χ0v) is 10.3. The summed E-state index contributed by atoms with van der Waals surface area (Å²) in [6.45, 7) is 0.648. The fourth-order valence-corrected chi connectivity index (χ4v) is 1.39. The third kappa shape index (κ3) is 4.04. The van der Waals surface area contributed by atoms with Crippen LogP contribution in [0.15, 0.2) is 6.07 Å². The lowest BCUT2D eigenvalue weighted by Crippen LogP contribution is -2.32. The second-order valence-corrected chi connectivity index (χ2v) is 3.62. The van der Waals surface area contributed by atoms with Gasteiger partial charge in [-0.1, -0.05) is 0 Å². The van der Waals surface area contributed by atoms with E-state index >= 15 is 0 Å². The van der Waals surface area contributed by atoms with E-state index in [1.165, 1.54) is 14.2 Å². The number of nitrogens with zero attached hydrogens (tertiary/aromatic N) is 3. The molecule has 0 fully saturated rings. The first-order chi connectivity index (χ1) is 8.06. The number of aromatic nitrogens is 2. The number of aliphatic hydroxyl groups is 1. The lowest BCUT2D eigenvalue weighted by Gasteiger charge is -2.21. The van der Waals surface area contributed by atoms with Gasteiger partial charge in [-0.15, -0.1) is 0 Å². The molecule has 0 radical (unpaired) electrons. The summed E-state index contributed by atoms with van der Waals surface area (Å²) in [5.41, 5.74) is 5.55. The summed E-state index contributed by atoms with van der Waals surface area (Å²) in [6, 6.07) is 1.65. The first kappa shape index (κ1) is 13.5. The van der Waals surface area contributed by atoms with Gasteiger partial charge in [0, 0.05) is 26.8 Å². The SMILES string of the molecule is COCC(O)CN(C)c1cc(OC)nc(N)n1. The quantitative estimate of drug-likeness (QED) is 0.695. The van der Waals surface area contributed by atoms with E-state index in [0.29, 0.717) is 18.2 Å². The Balaban J connectivity index is 2.74. The molecule has 1 atom stereocenters. The first-order valence-electron chi connectivity index (χ1n) is 5.13. The molecule has 0 amide bonds. The van der Waals surface area contributed by atoms with Crippen LogP contribution < -0.4 is 15.4 Å². The zero-order valence-electron chi connectivity index (χ0n) is 10.3. The molecular weight excluding hydrogens is 224 g/mol. The molecule has 7 nitrogen and oxygen atoms in total. The maximum atomic E-state index is 9.60. The first-order valence-corrected chi connectivity index (χ1v) is 5.13. The lowest BCUT2D eigenvalue weighted by atomic mass is 10.3. The highest BCUT2D eigenvalue weighted by atomic mass is 16.5. The monoisotopic (exact) mass is 242 g/mol. The summed E-state index contributed by atoms with van der Waals surface area (Å²) in [4.78, 5) is 9.69. The maximum absolute atomic E-state index is 9.60. The average molecular weight is 242 g/mol. The van der Waals surface area contributed by atoms with Gasteiger partial charge in [0.25, 0.3) is 0 Å². The van der Waals surface area contributed by atoms with Gasteiger partial charge in [-0.3, -0.25) is 0 Å². The Hall–Kier alpha value is -1.60. The third-order valence-electron chi connectivity index (χ3n) is 2.15. The highest BCUT2D eigenvalue weighted by Gasteiger charge is 2.11. The van der Waals surface area contributed by atoms with Gasteiger partial charge in [-0.2, -0.15) is 9.97 Å². The van der Waals surface area contributed by atoms with Gasteiger partial charge in [-0.05, 0) is 0 Å². The smallest absolute Gasteiger partial charge is 0.225 e. The van der Waals surface area contributed by atoms with Crippen LogP contribution in [0.4, 0.5) is 11.8 Å². The van der Waals surface area contributed by atoms with E-state index < -0.39 is 6.10 Å². The number of nitrogens with two attached hydrogens (primary N) is 1. The molecule has 96 valence electrons. The van der Waals surface area contributed by atoms with Crippen LogP contribution in [0.25, 0.3) is 0 Å². The molecule has 0 spiro atoms. The van der Waals surface area contributed by atoms with E-state index in [1.54, 1.807) is 18.0 Å². The van der Waals surface area contributed by atoms with Crippen LogP contribution in [0.5, 0.6) is 5.88 Å². The zero-order chi connectivity index (χ0) is 12.8. The molecule has 0 aliphatic carbocycles. The van der Waals surface area contributed by atoms with Gasteiger partial charge in [0.15, 0.2) is 0 Å². The number of hydrogen-bond donors (Lipinski definition) is 2. The highest BCUT2D eigenvalue weighted by Crippen LogP contribution is 2.17. The van der Waals surface area contributed by atoms with E-state index in [4.69, 9.17) is 15.2 Å². The molecule has 1 unspecified atom stereocenters. The molecule has 7 heteroatoms. The molecule has 0 bridgehead atoms. The van der Waals surface area contributed by atoms with Crippen LogP contribution in [-0.2, 0) is 4.74 Å². The summed E-state index contributed by atoms with van der Waals surface area (Å²) in [5, 5.41) is 9.60. The van der Waals surface area contributed by atoms with Gasteiger partial charge in [0.1, 0.15) is 5.82 Å². The fraction of sp³-hybridized carbons (Fsp3) is 0.600. The second-order valence-electron chi connectivity index (χ2n) is 3.62. The number of methoxy groups -OCH3 is 2. The number of anilines is 2. The minimum atomic E-state index is -0.591. The van der Waals surface area contributed by atoms with Gasteiger partial charge < -0.3 is 25.2 Å². The average Bonchev–Trinajstić information content (AvgIpc) is 2.28. The summed E-state index contributed by atoms with van der Waals surface area (Å²) in [6.07, 6.45) is -0.591. The van der Waals surface area contributed by atoms with Crippen LogP contribution >= 0.6 is 0 Å². The molecule has 0 saturated heterocycles. The van der Waals surface area contributed by atoms with Crippen molar-refractivity contribution in [2.75, 3.05) is 45.1 Å². The number of likely N-dealkylation sites (N-methyl/N-ethyl adjacent to an activating group) is 1. The Morgan fingerprint density at radius 2 is 2.18 bits per heavy atom. The molecule has 0 aliphatic heterocycles. The topological polar surface area (TPSA) is 93.7 Å². The molecule has 1 rings (SSSR count). The Bertz CT molecular complexity index is 361. The van der Waals surface area contributed by atoms with Crippen molar-refractivity contribution >= 4 is 11.8 Å². The minimum Gasteiger partial charge on any atom is -0.481 e. The van der Waals surface area contributed by atoms with Crippen LogP contribution in [0.3, 0.4) is 0 Å². The standard InChI is InChI=1S/C10H18N4O3/c1-14(5-7(15)6-16-2)8-4-9(17-3)13-10(11)12-8/h4,7,15H,5-6H2,1-3H3,(H2,11,12,13). The predicted octanol–water partition coefficient (Wildman–Crippen LogP) is -0.489. The van der Waals surface area contributed by atoms with E-state index in [2.05, 4.69) is 9.97 Å². The number of aliphatic hydroxyl groups excluding tert-OH is 1. The van der Waals surface area contributed by atoms with Crippen molar-refractivity contribution in [2.24, 2.45) is 0 Å². The predicted molar refractivity (Wildman–Crippen MR) is 64.1 cm³/mol. The van der Waals surface area contributed by atoms with E-state index in [-0.39, 0.29) is 12.6 Å². The van der Waals surface area contributed by atoms with Gasteiger partial charge >= 0.3 is 0 Å². The van der Waals surface area contributed by atoms with Crippen molar-refractivity contribution < 1.29 is 14.6 Å². The molecule has 1 aromatic heterocycles. The van der Waals surface area contributed by atoms with Crippen molar-refractivity contribution in [2.45, 2.75) is 6.10 Å². The Morgan fingerprint density at radius 3 is 2.76 bits per heavy atom. The minimum absolute atomic E-state index is 0.132. The van der Waals surface area contributed by atoms with Gasteiger partial charge in [-0.25, -0.2) is 0 Å². The fourth-order valence-electron chi connectivity index (χ4n) is 1.39. The highest BCUT2D eigenvalue weighted by molar-refractivity contribution is 5.44. The van der Waals surface area contributed by atoms with Gasteiger partial charge in [0.05, 0.1) is 19.8 Å². The second kappa shape index (κ2) is 6.21. The number of hydrogen-bond acceptors (Lipinski definition) is 7. The lowest BCUT2D eigenvalue weighted by molar-refractivity contribution is 0.0694. The molecule has 1 aromatic rings. The van der Waals surface area contributed by atoms with Crippen molar-refractivity contribution in [1.82, 2.24) is 9.97 Å². The molecule has 0 aromatic carbocycles. The van der Waals surface area contributed by atoms with Crippen molar-refractivity contribution in [3.05, 3.63) is 6.07 Å². The largest absolute Gasteiger partial charge is 0.481 e. The molecular formula is C10H18N4O3. The molecule has 0 aliphatic rings. The van der Waals surface area contributed by atoms with Crippen LogP contribution in [0.2, 0.25) is 0 Å². The summed E-state index contributed by atoms with van der Waals surface area (Å²) < 4.78 is 9.84. The molecule has 0 saturated carbocycles. The third-order valence-corrected chi connectivity index (χ3v) is 2.15. The van der Waals surface area contributed by atoms with E-state index in [0.717, 1.165) is 0 Å². The van der Waals surface area contributed by atoms with Crippen molar-refractivity contribution in [1.29, 1.82) is 0 Å². The number of ether oxygens (including phenoxy) is 2. The summed E-state index contributed by atoms with van der Waals surface area (Å²) >= 11 is 0. The van der Waals surface area contributed by atoms with Crippen molar-refractivity contribution in [3.63, 3.8) is 0 Å². The van der Waals surface area contributed by atoms with Crippen LogP contribution in [0, 0.1) is 0 Å². The Morgan fingerprint density at radius 1 is 1.47 bits per heavy atom. The number of rotatable bonds is 6. The Kier molecular flexibility index (Phi) is 4.92. The normalized spacial score (nSPS) is 12.2. The maximum Gasteiger partial charge on any atom is 0.225 e. The Labute approximate surface area is 100 Å². The van der Waals surface area contributed by atoms with E-state index in [9.17, 15) is 5.11 Å². The molecule has 1 heterocycles. The molecule has 3 N–H and O–H groups in total. The van der Waals surface area contributed by atoms with Crippen LogP contribution in [-0.4, -0.2) is 55.6 Å². The summed E-state index contributed by atoms with van der Waals surface area (Å²) in [7, 11) is 4.83. The van der Waals surface area contributed by atoms with Crippen molar-refractivity contribution in [3.8, 4) is 5.88 Å².